The van der Waals surface area contributed by atoms with Gasteiger partial charge in [0.05, 0.1) is 10.7 Å². The Morgan fingerprint density at radius 1 is 1.36 bits per heavy atom. The van der Waals surface area contributed by atoms with Crippen molar-refractivity contribution in [2.45, 2.75) is 26.2 Å². The highest BCUT2D eigenvalue weighted by atomic mass is 35.5. The lowest BCUT2D eigenvalue weighted by molar-refractivity contribution is 0.565. The zero-order valence-corrected chi connectivity index (χ0v) is 9.22. The number of aliphatic imine (C=N–C) groups is 1. The van der Waals surface area contributed by atoms with E-state index in [0.29, 0.717) is 10.7 Å². The largest absolute Gasteiger partial charge is 0.240 e. The average molecular weight is 210 g/mol. The summed E-state index contributed by atoms with van der Waals surface area (Å²) in [5, 5.41) is 0.473. The highest BCUT2D eigenvalue weighted by Gasteiger charge is 2.14. The summed E-state index contributed by atoms with van der Waals surface area (Å²) in [7, 11) is 0. The van der Waals surface area contributed by atoms with Crippen molar-refractivity contribution in [1.29, 1.82) is 0 Å². The molecule has 74 valence electrons. The summed E-state index contributed by atoms with van der Waals surface area (Å²) in [4.78, 5) is 13.7. The summed E-state index contributed by atoms with van der Waals surface area (Å²) in [6.45, 7) is 6.26. The molecular formula is C11H12ClNO. The van der Waals surface area contributed by atoms with Crippen molar-refractivity contribution in [3.05, 3.63) is 28.8 Å². The number of hydrogen-bond donors (Lipinski definition) is 0. The van der Waals surface area contributed by atoms with Crippen LogP contribution in [0, 0.1) is 0 Å². The molecule has 2 nitrogen and oxygen atoms in total. The van der Waals surface area contributed by atoms with Crippen LogP contribution in [0.25, 0.3) is 0 Å². The number of isocyanates is 1. The Kier molecular flexibility index (Phi) is 3.10. The molecule has 0 aliphatic rings. The minimum absolute atomic E-state index is 0.0255. The van der Waals surface area contributed by atoms with Crippen molar-refractivity contribution in [2.75, 3.05) is 0 Å². The van der Waals surface area contributed by atoms with Crippen LogP contribution in [0.4, 0.5) is 5.69 Å². The molecule has 0 bridgehead atoms. The van der Waals surface area contributed by atoms with Crippen LogP contribution in [0.5, 0.6) is 0 Å². The minimum atomic E-state index is 0.0255. The van der Waals surface area contributed by atoms with Crippen LogP contribution in [-0.2, 0) is 10.2 Å². The van der Waals surface area contributed by atoms with E-state index in [0.717, 1.165) is 5.56 Å². The fourth-order valence-electron chi connectivity index (χ4n) is 1.11. The minimum Gasteiger partial charge on any atom is -0.211 e. The number of rotatable bonds is 1. The molecule has 1 aromatic rings. The lowest BCUT2D eigenvalue weighted by atomic mass is 9.87. The number of halogens is 1. The summed E-state index contributed by atoms with van der Waals surface area (Å²) in [6.07, 6.45) is 1.49. The first-order chi connectivity index (χ1) is 6.45. The van der Waals surface area contributed by atoms with Gasteiger partial charge >= 0.3 is 0 Å². The molecule has 0 radical (unpaired) electrons. The van der Waals surface area contributed by atoms with Gasteiger partial charge in [-0.1, -0.05) is 38.4 Å². The zero-order valence-electron chi connectivity index (χ0n) is 8.47. The van der Waals surface area contributed by atoms with Crippen molar-refractivity contribution in [2.24, 2.45) is 4.99 Å². The molecule has 0 amide bonds. The third-order valence-corrected chi connectivity index (χ3v) is 2.30. The SMILES string of the molecule is CC(C)(C)c1ccc(Cl)c(N=C=O)c1. The molecule has 14 heavy (non-hydrogen) atoms. The Hall–Kier alpha value is -1.11. The van der Waals surface area contributed by atoms with Gasteiger partial charge in [0.2, 0.25) is 6.08 Å². The highest BCUT2D eigenvalue weighted by Crippen LogP contribution is 2.31. The van der Waals surface area contributed by atoms with Gasteiger partial charge in [0, 0.05) is 0 Å². The molecule has 0 aliphatic carbocycles. The van der Waals surface area contributed by atoms with Crippen molar-refractivity contribution >= 4 is 23.4 Å². The monoisotopic (exact) mass is 209 g/mol. The Bertz CT molecular complexity index is 387. The number of nitrogens with zero attached hydrogens (tertiary/aromatic N) is 1. The summed E-state index contributed by atoms with van der Waals surface area (Å²) in [5.74, 6) is 0. The van der Waals surface area contributed by atoms with E-state index in [9.17, 15) is 4.79 Å². The first kappa shape index (κ1) is 11.0. The van der Waals surface area contributed by atoms with Gasteiger partial charge in [-0.2, -0.15) is 4.99 Å². The lowest BCUT2D eigenvalue weighted by Gasteiger charge is -2.19. The van der Waals surface area contributed by atoms with E-state index in [-0.39, 0.29) is 5.41 Å². The molecule has 1 rings (SSSR count). The maximum Gasteiger partial charge on any atom is 0.240 e. The average Bonchev–Trinajstić information content (AvgIpc) is 2.07. The van der Waals surface area contributed by atoms with Crippen LogP contribution in [0.1, 0.15) is 26.3 Å². The number of hydrogen-bond acceptors (Lipinski definition) is 2. The van der Waals surface area contributed by atoms with Crippen LogP contribution in [0.2, 0.25) is 5.02 Å². The van der Waals surface area contributed by atoms with Gasteiger partial charge in [0.25, 0.3) is 0 Å². The standard InChI is InChI=1S/C11H12ClNO/c1-11(2,3)8-4-5-9(12)10(6-8)13-7-14/h4-6H,1-3H3. The van der Waals surface area contributed by atoms with Gasteiger partial charge in [0.1, 0.15) is 0 Å². The van der Waals surface area contributed by atoms with Crippen molar-refractivity contribution in [3.63, 3.8) is 0 Å². The van der Waals surface area contributed by atoms with Crippen LogP contribution in [-0.4, -0.2) is 6.08 Å². The van der Waals surface area contributed by atoms with Crippen LogP contribution in [0.3, 0.4) is 0 Å². The van der Waals surface area contributed by atoms with Gasteiger partial charge in [-0.05, 0) is 23.1 Å². The molecule has 0 aliphatic heterocycles. The van der Waals surface area contributed by atoms with E-state index in [1.165, 1.54) is 6.08 Å². The van der Waals surface area contributed by atoms with E-state index in [1.807, 2.05) is 12.1 Å². The molecule has 0 saturated carbocycles. The van der Waals surface area contributed by atoms with Crippen molar-refractivity contribution in [1.82, 2.24) is 0 Å². The molecule has 3 heteroatoms. The molecule has 0 heterocycles. The van der Waals surface area contributed by atoms with E-state index in [1.54, 1.807) is 6.07 Å². The number of benzene rings is 1. The second kappa shape index (κ2) is 3.95. The maximum atomic E-state index is 10.1. The topological polar surface area (TPSA) is 29.4 Å². The Morgan fingerprint density at radius 2 is 2.00 bits per heavy atom. The third-order valence-electron chi connectivity index (χ3n) is 1.98. The quantitative estimate of drug-likeness (QED) is 0.513. The molecular weight excluding hydrogens is 198 g/mol. The Balaban J connectivity index is 3.26. The first-order valence-corrected chi connectivity index (χ1v) is 4.71. The molecule has 0 atom stereocenters. The third kappa shape index (κ3) is 2.44. The van der Waals surface area contributed by atoms with Crippen molar-refractivity contribution < 1.29 is 4.79 Å². The lowest BCUT2D eigenvalue weighted by Crippen LogP contribution is -2.10. The van der Waals surface area contributed by atoms with Crippen LogP contribution < -0.4 is 0 Å². The first-order valence-electron chi connectivity index (χ1n) is 4.33. The van der Waals surface area contributed by atoms with E-state index < -0.39 is 0 Å². The highest BCUT2D eigenvalue weighted by molar-refractivity contribution is 6.33. The van der Waals surface area contributed by atoms with Gasteiger partial charge in [-0.3, -0.25) is 0 Å². The zero-order chi connectivity index (χ0) is 10.8. The fraction of sp³-hybridized carbons (Fsp3) is 0.364. The molecule has 0 N–H and O–H groups in total. The Morgan fingerprint density at radius 3 is 2.50 bits per heavy atom. The predicted molar refractivity (Wildman–Crippen MR) is 57.9 cm³/mol. The fourth-order valence-corrected chi connectivity index (χ4v) is 1.27. The second-order valence-electron chi connectivity index (χ2n) is 4.12. The van der Waals surface area contributed by atoms with E-state index in [2.05, 4.69) is 25.8 Å². The van der Waals surface area contributed by atoms with E-state index >= 15 is 0 Å². The summed E-state index contributed by atoms with van der Waals surface area (Å²) in [5.41, 5.74) is 1.60. The summed E-state index contributed by atoms with van der Waals surface area (Å²) < 4.78 is 0. The van der Waals surface area contributed by atoms with Gasteiger partial charge in [-0.25, -0.2) is 4.79 Å². The molecule has 0 aromatic heterocycles. The molecule has 0 fully saturated rings. The molecule has 0 saturated heterocycles. The summed E-state index contributed by atoms with van der Waals surface area (Å²) >= 11 is 5.85. The number of carbonyl (C=O) groups excluding carboxylic acids is 1. The van der Waals surface area contributed by atoms with Gasteiger partial charge in [0.15, 0.2) is 0 Å². The van der Waals surface area contributed by atoms with E-state index in [4.69, 9.17) is 11.6 Å². The van der Waals surface area contributed by atoms with Gasteiger partial charge in [-0.15, -0.1) is 0 Å². The van der Waals surface area contributed by atoms with Crippen molar-refractivity contribution in [3.8, 4) is 0 Å². The van der Waals surface area contributed by atoms with Gasteiger partial charge < -0.3 is 0 Å². The van der Waals surface area contributed by atoms with Crippen LogP contribution in [0.15, 0.2) is 23.2 Å². The Labute approximate surface area is 88.6 Å². The predicted octanol–water partition coefficient (Wildman–Crippen LogP) is 3.60. The molecule has 0 spiro atoms. The van der Waals surface area contributed by atoms with Crippen LogP contribution >= 0.6 is 11.6 Å². The smallest absolute Gasteiger partial charge is 0.211 e. The summed E-state index contributed by atoms with van der Waals surface area (Å²) in [6, 6.07) is 5.50. The molecule has 0 unspecified atom stereocenters. The normalized spacial score (nSPS) is 10.9. The maximum absolute atomic E-state index is 10.1. The molecule has 1 aromatic carbocycles. The second-order valence-corrected chi connectivity index (χ2v) is 4.53.